The van der Waals surface area contributed by atoms with Gasteiger partial charge >= 0.3 is 35.8 Å². The average molecular weight is 1130 g/mol. The van der Waals surface area contributed by atoms with Gasteiger partial charge in [-0.1, -0.05) is 163 Å². The molecule has 0 amide bonds. The number of rotatable bonds is 22. The van der Waals surface area contributed by atoms with Crippen LogP contribution in [-0.4, -0.2) is 134 Å². The molecule has 4 aromatic rings. The fourth-order valence-corrected chi connectivity index (χ4v) is 19.7. The molecule has 6 rings (SSSR count). The van der Waals surface area contributed by atoms with Crippen molar-refractivity contribution in [2.75, 3.05) is 26.4 Å². The largest absolute Gasteiger partial charge is 0.495 e. The van der Waals surface area contributed by atoms with E-state index in [1.165, 1.54) is 6.92 Å². The zero-order chi connectivity index (χ0) is 57.8. The first-order chi connectivity index (χ1) is 37.4. The minimum absolute atomic E-state index is 0.0558. The van der Waals surface area contributed by atoms with Crippen LogP contribution in [0.4, 0.5) is 0 Å². The third kappa shape index (κ3) is 14.5. The van der Waals surface area contributed by atoms with E-state index >= 15 is 0 Å². The maximum absolute atomic E-state index is 13.5. The molecule has 0 unspecified atom stereocenters. The molecule has 0 aromatic heterocycles. The second-order valence-electron chi connectivity index (χ2n) is 21.3. The lowest BCUT2D eigenvalue weighted by molar-refractivity contribution is -0.383. The maximum Gasteiger partial charge on any atom is 0.333 e. The Morgan fingerprint density at radius 3 is 1.29 bits per heavy atom. The second kappa shape index (κ2) is 26.6. The summed E-state index contributed by atoms with van der Waals surface area (Å²) < 4.78 is 76.7. The van der Waals surface area contributed by atoms with Crippen LogP contribution in [0.25, 0.3) is 0 Å². The molecule has 0 saturated carbocycles. The summed E-state index contributed by atoms with van der Waals surface area (Å²) in [5, 5.41) is 2.48. The summed E-state index contributed by atoms with van der Waals surface area (Å²) in [6.07, 6.45) is -10.8. The predicted octanol–water partition coefficient (Wildman–Crippen LogP) is 5.73. The normalized spacial score (nSPS) is 23.5. The van der Waals surface area contributed by atoms with Gasteiger partial charge in [0.05, 0.1) is 32.2 Å². The molecule has 2 heterocycles. The first-order valence-electron chi connectivity index (χ1n) is 26.2. The van der Waals surface area contributed by atoms with E-state index in [9.17, 15) is 28.8 Å². The average Bonchev–Trinajstić information content (AvgIpc) is 3.96. The van der Waals surface area contributed by atoms with Crippen LogP contribution < -0.4 is 20.7 Å². The van der Waals surface area contributed by atoms with Crippen LogP contribution in [0.1, 0.15) is 83.1 Å². The summed E-state index contributed by atoms with van der Waals surface area (Å²) in [5.74, 6) is -7.45. The maximum atomic E-state index is 13.5. The van der Waals surface area contributed by atoms with Gasteiger partial charge in [-0.3, -0.25) is 24.0 Å². The molecule has 0 N–H and O–H groups in total. The summed E-state index contributed by atoms with van der Waals surface area (Å²) in [6, 6.07) is 38.9. The van der Waals surface area contributed by atoms with Gasteiger partial charge in [0.15, 0.2) is 30.5 Å². The van der Waals surface area contributed by atoms with E-state index in [4.69, 9.17) is 56.2 Å². The minimum Gasteiger partial charge on any atom is -0.495 e. The highest BCUT2D eigenvalue weighted by Gasteiger charge is 2.65. The van der Waals surface area contributed by atoms with Gasteiger partial charge < -0.3 is 56.2 Å². The highest BCUT2D eigenvalue weighted by molar-refractivity contribution is 7.00. The van der Waals surface area contributed by atoms with Crippen molar-refractivity contribution in [2.45, 2.75) is 148 Å². The Labute approximate surface area is 464 Å². The van der Waals surface area contributed by atoms with Crippen molar-refractivity contribution in [2.24, 2.45) is 0 Å². The SMILES string of the molecule is CCOC(=O)/C=C/OC[C@@]1(O[C@H]2O[C@H](CO[Si](c3ccccc3)(c3ccccc3)C(C)(C)C)[C@@H](OC(C)=O)[C@H](OC(C)=O)[C@H]2OC(C)=O)O[C@H](CO[Si](c2ccccc2)(c2ccccc2)C(C)(C)C)[C@@H](OC(C)=O)[C@@H]1OC(C)=O. The number of esters is 6. The molecule has 20 heteroatoms. The first kappa shape index (κ1) is 61.7. The lowest BCUT2D eigenvalue weighted by atomic mass is 9.97. The fraction of sp³-hybridized carbons (Fsp3) is 0.458. The van der Waals surface area contributed by atoms with Crippen LogP contribution in [0.3, 0.4) is 0 Å². The molecule has 426 valence electrons. The zero-order valence-electron chi connectivity index (χ0n) is 47.0. The van der Waals surface area contributed by atoms with E-state index in [1.54, 1.807) is 6.92 Å². The molecule has 0 spiro atoms. The Kier molecular flexibility index (Phi) is 20.8. The Morgan fingerprint density at radius 1 is 0.519 bits per heavy atom. The molecule has 2 saturated heterocycles. The molecular formula is C59H74O18Si2. The molecule has 18 nitrogen and oxygen atoms in total. The highest BCUT2D eigenvalue weighted by Crippen LogP contribution is 2.44. The van der Waals surface area contributed by atoms with E-state index in [1.807, 2.05) is 121 Å². The third-order valence-electron chi connectivity index (χ3n) is 13.5. The van der Waals surface area contributed by atoms with E-state index in [0.717, 1.165) is 60.8 Å². The van der Waals surface area contributed by atoms with Crippen molar-refractivity contribution in [3.63, 3.8) is 0 Å². The summed E-state index contributed by atoms with van der Waals surface area (Å²) in [7, 11) is -6.82. The molecule has 0 radical (unpaired) electrons. The molecule has 2 aliphatic heterocycles. The lowest BCUT2D eigenvalue weighted by Gasteiger charge is -2.48. The predicted molar refractivity (Wildman–Crippen MR) is 294 cm³/mol. The molecule has 2 fully saturated rings. The van der Waals surface area contributed by atoms with Gasteiger partial charge in [-0.05, 0) is 37.7 Å². The van der Waals surface area contributed by atoms with Gasteiger partial charge in [0.25, 0.3) is 16.6 Å². The van der Waals surface area contributed by atoms with E-state index in [2.05, 4.69) is 41.5 Å². The molecule has 0 aliphatic carbocycles. The molecular weight excluding hydrogens is 1050 g/mol. The Balaban J connectivity index is 1.56. The van der Waals surface area contributed by atoms with Gasteiger partial charge in [-0.25, -0.2) is 4.79 Å². The van der Waals surface area contributed by atoms with Gasteiger partial charge in [0.2, 0.25) is 12.1 Å². The Morgan fingerprint density at radius 2 is 0.899 bits per heavy atom. The van der Waals surface area contributed by atoms with Crippen molar-refractivity contribution in [3.05, 3.63) is 134 Å². The zero-order valence-corrected chi connectivity index (χ0v) is 49.0. The van der Waals surface area contributed by atoms with Crippen LogP contribution in [-0.2, 0) is 85.0 Å². The molecule has 79 heavy (non-hydrogen) atoms. The van der Waals surface area contributed by atoms with Crippen LogP contribution >= 0.6 is 0 Å². The highest BCUT2D eigenvalue weighted by atomic mass is 28.4. The van der Waals surface area contributed by atoms with Gasteiger partial charge in [0.1, 0.15) is 18.8 Å². The number of ether oxygens (including phenoxy) is 10. The van der Waals surface area contributed by atoms with E-state index < -0.39 is 124 Å². The van der Waals surface area contributed by atoms with Crippen LogP contribution in [0.2, 0.25) is 10.1 Å². The van der Waals surface area contributed by atoms with Crippen molar-refractivity contribution < 1.29 is 85.0 Å². The summed E-state index contributed by atoms with van der Waals surface area (Å²) in [6.45, 7) is 18.4. The van der Waals surface area contributed by atoms with E-state index in [-0.39, 0.29) is 19.8 Å². The quantitative estimate of drug-likeness (QED) is 0.0302. The number of carbonyl (C=O) groups is 6. The summed E-state index contributed by atoms with van der Waals surface area (Å²) in [5.41, 5.74) is 0. The van der Waals surface area contributed by atoms with Crippen LogP contribution in [0.5, 0.6) is 0 Å². The van der Waals surface area contributed by atoms with Gasteiger partial charge in [0, 0.05) is 34.6 Å². The van der Waals surface area contributed by atoms with Crippen molar-refractivity contribution in [3.8, 4) is 0 Å². The summed E-state index contributed by atoms with van der Waals surface area (Å²) in [4.78, 5) is 79.2. The fourth-order valence-electron chi connectivity index (χ4n) is 10.6. The van der Waals surface area contributed by atoms with Crippen molar-refractivity contribution >= 4 is 73.2 Å². The van der Waals surface area contributed by atoms with E-state index in [0.29, 0.717) is 0 Å². The topological polar surface area (TPSA) is 213 Å². The van der Waals surface area contributed by atoms with Gasteiger partial charge in [-0.15, -0.1) is 0 Å². The minimum atomic E-state index is -3.42. The number of hydrogen-bond acceptors (Lipinski definition) is 18. The standard InChI is InChI=1S/C59H74O18Si2/c1-13-67-50(65)34-35-66-38-59(55(74-43(6)64)52(71-40(3)61)49(76-59)37-69-79(58(10,11)12,46-30-22-16-23-31-46)47-32-24-17-25-33-47)77-56-54(73-42(5)63)53(72-41(4)62)51(70-39(2)60)48(75-56)36-68-78(57(7,8)9,44-26-18-14-19-27-44)45-28-20-15-21-29-45/h14-35,48-49,51-56H,13,36-38H2,1-12H3/b35-34+/t48-,49-,51-,52-,53+,54-,55+,56-,59+/m1/s1. The molecule has 4 aromatic carbocycles. The smallest absolute Gasteiger partial charge is 0.333 e. The molecule has 0 bridgehead atoms. The summed E-state index contributed by atoms with van der Waals surface area (Å²) >= 11 is 0. The Bertz CT molecular complexity index is 2630. The van der Waals surface area contributed by atoms with Crippen LogP contribution in [0.15, 0.2) is 134 Å². The van der Waals surface area contributed by atoms with Crippen LogP contribution in [0, 0.1) is 0 Å². The monoisotopic (exact) mass is 1130 g/mol. The lowest BCUT2D eigenvalue weighted by Crippen LogP contribution is -2.69. The van der Waals surface area contributed by atoms with Crippen molar-refractivity contribution in [1.82, 2.24) is 0 Å². The molecule has 9 atom stereocenters. The number of benzene rings is 4. The first-order valence-corrected chi connectivity index (χ1v) is 30.0. The third-order valence-corrected chi connectivity index (χ3v) is 23.5. The van der Waals surface area contributed by atoms with Gasteiger partial charge in [-0.2, -0.15) is 0 Å². The second-order valence-corrected chi connectivity index (χ2v) is 29.9. The van der Waals surface area contributed by atoms with Crippen molar-refractivity contribution in [1.29, 1.82) is 0 Å². The number of hydrogen-bond donors (Lipinski definition) is 0. The number of carbonyl (C=O) groups excluding carboxylic acids is 6. The Hall–Kier alpha value is -6.53. The molecule has 2 aliphatic rings.